The summed E-state index contributed by atoms with van der Waals surface area (Å²) in [5.74, 6) is 0.770. The molecule has 0 amide bonds. The molecule has 0 unspecified atom stereocenters. The van der Waals surface area contributed by atoms with Crippen molar-refractivity contribution in [1.82, 2.24) is 9.78 Å². The summed E-state index contributed by atoms with van der Waals surface area (Å²) >= 11 is 0. The summed E-state index contributed by atoms with van der Waals surface area (Å²) in [6.07, 6.45) is 10.1. The molecule has 0 fully saturated rings. The molecule has 1 aromatic heterocycles. The number of aromatic nitrogens is 2. The van der Waals surface area contributed by atoms with E-state index in [1.165, 1.54) is 0 Å². The first kappa shape index (κ1) is 15.8. The Kier molecular flexibility index (Phi) is 5.37. The summed E-state index contributed by atoms with van der Waals surface area (Å²) < 4.78 is 7.39. The highest BCUT2D eigenvalue weighted by atomic mass is 16.5. The Hall–Kier alpha value is -2.55. The van der Waals surface area contributed by atoms with Crippen LogP contribution in [-0.4, -0.2) is 16.9 Å². The zero-order chi connectivity index (χ0) is 15.9. The van der Waals surface area contributed by atoms with Crippen LogP contribution < -0.4 is 4.74 Å². The first-order chi connectivity index (χ1) is 10.7. The number of para-hydroxylation sites is 1. The zero-order valence-corrected chi connectivity index (χ0v) is 13.6. The minimum atomic E-state index is 0.770. The van der Waals surface area contributed by atoms with Crippen LogP contribution in [0.5, 0.6) is 5.88 Å². The van der Waals surface area contributed by atoms with Gasteiger partial charge in [0.25, 0.3) is 0 Å². The average molecular weight is 294 g/mol. The van der Waals surface area contributed by atoms with E-state index < -0.39 is 0 Å². The smallest absolute Gasteiger partial charge is 0.219 e. The van der Waals surface area contributed by atoms with Crippen LogP contribution in [0.4, 0.5) is 0 Å². The number of rotatable bonds is 5. The van der Waals surface area contributed by atoms with Gasteiger partial charge in [0.15, 0.2) is 0 Å². The first-order valence-electron chi connectivity index (χ1n) is 7.34. The van der Waals surface area contributed by atoms with E-state index in [1.54, 1.807) is 7.11 Å². The van der Waals surface area contributed by atoms with Gasteiger partial charge in [-0.1, -0.05) is 48.6 Å². The van der Waals surface area contributed by atoms with Crippen molar-refractivity contribution in [3.05, 3.63) is 72.0 Å². The summed E-state index contributed by atoms with van der Waals surface area (Å²) in [7, 11) is 1.68. The Bertz CT molecular complexity index is 707. The minimum absolute atomic E-state index is 0.770. The van der Waals surface area contributed by atoms with Gasteiger partial charge in [0.2, 0.25) is 5.88 Å². The fourth-order valence-corrected chi connectivity index (χ4v) is 2.29. The van der Waals surface area contributed by atoms with Crippen molar-refractivity contribution in [2.75, 3.05) is 7.11 Å². The summed E-state index contributed by atoms with van der Waals surface area (Å²) in [4.78, 5) is 0. The maximum atomic E-state index is 5.55. The lowest BCUT2D eigenvalue weighted by atomic mass is 10.1. The van der Waals surface area contributed by atoms with Crippen molar-refractivity contribution in [1.29, 1.82) is 0 Å². The highest BCUT2D eigenvalue weighted by molar-refractivity contribution is 5.67. The standard InChI is InChI=1S/C19H22N2O/c1-5-6-7-9-12-15(2)18-16(3)19(22-4)21(20-18)17-13-10-8-11-14-17/h5-14H,1-4H3/b6-5-,9-7-,15-12+. The monoisotopic (exact) mass is 294 g/mol. The minimum Gasteiger partial charge on any atom is -0.481 e. The van der Waals surface area contributed by atoms with E-state index >= 15 is 0 Å². The third-order valence-electron chi connectivity index (χ3n) is 3.40. The molecule has 0 spiro atoms. The molecule has 0 saturated carbocycles. The number of nitrogens with zero attached hydrogens (tertiary/aromatic N) is 2. The Balaban J connectivity index is 2.44. The molecule has 0 aliphatic heterocycles. The third kappa shape index (κ3) is 3.37. The predicted octanol–water partition coefficient (Wildman–Crippen LogP) is 4.72. The molecular formula is C19H22N2O. The molecular weight excluding hydrogens is 272 g/mol. The molecule has 0 atom stereocenters. The topological polar surface area (TPSA) is 27.1 Å². The normalized spacial score (nSPS) is 12.5. The SMILES string of the molecule is C\C=C/C=C\C=C(/C)c1nn(-c2ccccc2)c(OC)c1C. The Morgan fingerprint density at radius 2 is 1.86 bits per heavy atom. The molecule has 3 nitrogen and oxygen atoms in total. The number of hydrogen-bond donors (Lipinski definition) is 0. The molecule has 0 bridgehead atoms. The van der Waals surface area contributed by atoms with Crippen LogP contribution in [0.3, 0.4) is 0 Å². The Labute approximate surface area is 132 Å². The molecule has 1 aromatic carbocycles. The molecule has 2 aromatic rings. The molecule has 22 heavy (non-hydrogen) atoms. The van der Waals surface area contributed by atoms with Crippen molar-refractivity contribution >= 4 is 5.57 Å². The van der Waals surface area contributed by atoms with Gasteiger partial charge in [-0.2, -0.15) is 5.10 Å². The largest absolute Gasteiger partial charge is 0.481 e. The third-order valence-corrected chi connectivity index (χ3v) is 3.40. The second-order valence-corrected chi connectivity index (χ2v) is 4.99. The molecule has 0 aliphatic rings. The van der Waals surface area contributed by atoms with Gasteiger partial charge >= 0.3 is 0 Å². The van der Waals surface area contributed by atoms with Crippen LogP contribution in [-0.2, 0) is 0 Å². The highest BCUT2D eigenvalue weighted by Crippen LogP contribution is 2.29. The van der Waals surface area contributed by atoms with Gasteiger partial charge in [-0.3, -0.25) is 0 Å². The van der Waals surface area contributed by atoms with Gasteiger partial charge in [0.05, 0.1) is 18.5 Å². The molecule has 0 N–H and O–H groups in total. The maximum Gasteiger partial charge on any atom is 0.219 e. The van der Waals surface area contributed by atoms with Crippen LogP contribution >= 0.6 is 0 Å². The molecule has 1 heterocycles. The lowest BCUT2D eigenvalue weighted by Crippen LogP contribution is -1.99. The van der Waals surface area contributed by atoms with E-state index in [9.17, 15) is 0 Å². The number of methoxy groups -OCH3 is 1. The second-order valence-electron chi connectivity index (χ2n) is 4.99. The first-order valence-corrected chi connectivity index (χ1v) is 7.34. The zero-order valence-electron chi connectivity index (χ0n) is 13.6. The van der Waals surface area contributed by atoms with Crippen molar-refractivity contribution in [2.24, 2.45) is 0 Å². The van der Waals surface area contributed by atoms with Crippen molar-refractivity contribution in [3.63, 3.8) is 0 Å². The fraction of sp³-hybridized carbons (Fsp3) is 0.211. The molecule has 0 aliphatic carbocycles. The van der Waals surface area contributed by atoms with Gasteiger partial charge in [0.1, 0.15) is 0 Å². The lowest BCUT2D eigenvalue weighted by molar-refractivity contribution is 0.381. The molecule has 114 valence electrons. The van der Waals surface area contributed by atoms with Gasteiger partial charge in [0, 0.05) is 5.56 Å². The van der Waals surface area contributed by atoms with E-state index in [0.717, 1.165) is 28.4 Å². The summed E-state index contributed by atoms with van der Waals surface area (Å²) in [6, 6.07) is 10.0. The molecule has 3 heteroatoms. The lowest BCUT2D eigenvalue weighted by Gasteiger charge is -2.05. The van der Waals surface area contributed by atoms with Crippen LogP contribution in [0.1, 0.15) is 25.1 Å². The number of benzene rings is 1. The average Bonchev–Trinajstić information content (AvgIpc) is 2.89. The van der Waals surface area contributed by atoms with Gasteiger partial charge in [-0.05, 0) is 38.5 Å². The van der Waals surface area contributed by atoms with Crippen molar-refractivity contribution in [3.8, 4) is 11.6 Å². The summed E-state index contributed by atoms with van der Waals surface area (Å²) in [6.45, 7) is 6.09. The molecule has 0 saturated heterocycles. The van der Waals surface area contributed by atoms with Crippen molar-refractivity contribution < 1.29 is 4.74 Å². The van der Waals surface area contributed by atoms with Crippen LogP contribution in [0.2, 0.25) is 0 Å². The van der Waals surface area contributed by atoms with Crippen LogP contribution in [0, 0.1) is 6.92 Å². The summed E-state index contributed by atoms with van der Waals surface area (Å²) in [5, 5.41) is 4.72. The molecule has 0 radical (unpaired) electrons. The second kappa shape index (κ2) is 7.46. The van der Waals surface area contributed by atoms with E-state index in [0.29, 0.717) is 0 Å². The quantitative estimate of drug-likeness (QED) is 0.746. The van der Waals surface area contributed by atoms with E-state index in [4.69, 9.17) is 9.84 Å². The van der Waals surface area contributed by atoms with E-state index in [1.807, 2.05) is 73.2 Å². The maximum absolute atomic E-state index is 5.55. The number of ether oxygens (including phenoxy) is 1. The number of hydrogen-bond acceptors (Lipinski definition) is 2. The van der Waals surface area contributed by atoms with Crippen LogP contribution in [0.15, 0.2) is 60.7 Å². The predicted molar refractivity (Wildman–Crippen MR) is 92.5 cm³/mol. The molecule has 2 rings (SSSR count). The Morgan fingerprint density at radius 3 is 2.50 bits per heavy atom. The Morgan fingerprint density at radius 1 is 1.14 bits per heavy atom. The van der Waals surface area contributed by atoms with Gasteiger partial charge in [-0.25, -0.2) is 4.68 Å². The van der Waals surface area contributed by atoms with Gasteiger partial charge < -0.3 is 4.74 Å². The van der Waals surface area contributed by atoms with E-state index in [2.05, 4.69) is 13.0 Å². The highest BCUT2D eigenvalue weighted by Gasteiger charge is 2.16. The summed E-state index contributed by atoms with van der Waals surface area (Å²) in [5.41, 5.74) is 4.09. The van der Waals surface area contributed by atoms with Crippen LogP contribution in [0.25, 0.3) is 11.3 Å². The fourth-order valence-electron chi connectivity index (χ4n) is 2.29. The van der Waals surface area contributed by atoms with Crippen molar-refractivity contribution in [2.45, 2.75) is 20.8 Å². The van der Waals surface area contributed by atoms with Gasteiger partial charge in [-0.15, -0.1) is 0 Å². The van der Waals surface area contributed by atoms with E-state index in [-0.39, 0.29) is 0 Å². The number of allylic oxidation sites excluding steroid dienone is 6.